The Labute approximate surface area is 182 Å². The Morgan fingerprint density at radius 1 is 1.06 bits per heavy atom. The zero-order chi connectivity index (χ0) is 21.2. The molecule has 0 fully saturated rings. The summed E-state index contributed by atoms with van der Waals surface area (Å²) >= 11 is 1.32. The molecule has 31 heavy (non-hydrogen) atoms. The van der Waals surface area contributed by atoms with Crippen LogP contribution in [0.3, 0.4) is 0 Å². The van der Waals surface area contributed by atoms with Crippen LogP contribution in [0.2, 0.25) is 0 Å². The number of fused-ring (bicyclic) bond motifs is 4. The predicted octanol–water partition coefficient (Wildman–Crippen LogP) is 4.66. The molecule has 3 aromatic heterocycles. The fraction of sp³-hybridized carbons (Fsp3) is 0.217. The third-order valence-electron chi connectivity index (χ3n) is 5.01. The molecule has 0 saturated carbocycles. The van der Waals surface area contributed by atoms with Gasteiger partial charge >= 0.3 is 0 Å². The summed E-state index contributed by atoms with van der Waals surface area (Å²) in [7, 11) is 0. The van der Waals surface area contributed by atoms with Crippen molar-refractivity contribution >= 4 is 44.7 Å². The third-order valence-corrected chi connectivity index (χ3v) is 5.99. The molecule has 0 unspecified atom stereocenters. The SMILES string of the molecule is CCOCCCn1c(Sc2ncnc3c2oc2ccccc23)nc2ccccc2c1=O. The first kappa shape index (κ1) is 19.7. The van der Waals surface area contributed by atoms with E-state index in [1.807, 2.05) is 49.4 Å². The van der Waals surface area contributed by atoms with Crippen LogP contribution in [-0.4, -0.2) is 32.7 Å². The van der Waals surface area contributed by atoms with E-state index in [4.69, 9.17) is 14.1 Å². The Morgan fingerprint density at radius 2 is 1.87 bits per heavy atom. The molecule has 0 saturated heterocycles. The topological polar surface area (TPSA) is 83.0 Å². The Morgan fingerprint density at radius 3 is 2.74 bits per heavy atom. The van der Waals surface area contributed by atoms with Gasteiger partial charge in [-0.25, -0.2) is 15.0 Å². The monoisotopic (exact) mass is 432 g/mol. The minimum absolute atomic E-state index is 0.0699. The average Bonchev–Trinajstić information content (AvgIpc) is 3.18. The molecule has 0 amide bonds. The number of furan rings is 1. The van der Waals surface area contributed by atoms with Crippen molar-refractivity contribution in [3.8, 4) is 0 Å². The molecule has 2 aromatic carbocycles. The zero-order valence-electron chi connectivity index (χ0n) is 16.9. The van der Waals surface area contributed by atoms with Gasteiger partial charge in [0.2, 0.25) is 0 Å². The average molecular weight is 433 g/mol. The number of nitrogens with zero attached hydrogens (tertiary/aromatic N) is 4. The second-order valence-corrected chi connectivity index (χ2v) is 7.93. The van der Waals surface area contributed by atoms with E-state index in [0.717, 1.165) is 16.5 Å². The van der Waals surface area contributed by atoms with Gasteiger partial charge in [0.15, 0.2) is 15.8 Å². The van der Waals surface area contributed by atoms with Gasteiger partial charge in [-0.1, -0.05) is 24.3 Å². The molecule has 0 N–H and O–H groups in total. The first-order valence-electron chi connectivity index (χ1n) is 10.1. The summed E-state index contributed by atoms with van der Waals surface area (Å²) in [4.78, 5) is 26.8. The fourth-order valence-corrected chi connectivity index (χ4v) is 4.49. The number of rotatable bonds is 7. The number of hydrogen-bond donors (Lipinski definition) is 0. The van der Waals surface area contributed by atoms with E-state index in [2.05, 4.69) is 9.97 Å². The van der Waals surface area contributed by atoms with Crippen LogP contribution >= 0.6 is 11.8 Å². The van der Waals surface area contributed by atoms with Crippen LogP contribution in [0.4, 0.5) is 0 Å². The lowest BCUT2D eigenvalue weighted by atomic mass is 10.2. The normalized spacial score (nSPS) is 11.6. The van der Waals surface area contributed by atoms with E-state index >= 15 is 0 Å². The molecule has 8 heteroatoms. The van der Waals surface area contributed by atoms with Gasteiger partial charge in [-0.2, -0.15) is 0 Å². The number of ether oxygens (including phenoxy) is 1. The molecule has 3 heterocycles. The summed E-state index contributed by atoms with van der Waals surface area (Å²) in [6.45, 7) is 3.70. The molecule has 0 spiro atoms. The summed E-state index contributed by atoms with van der Waals surface area (Å²) < 4.78 is 13.2. The van der Waals surface area contributed by atoms with Crippen LogP contribution in [0, 0.1) is 0 Å². The first-order valence-corrected chi connectivity index (χ1v) is 11.0. The van der Waals surface area contributed by atoms with E-state index in [0.29, 0.717) is 52.8 Å². The highest BCUT2D eigenvalue weighted by Crippen LogP contribution is 2.35. The Kier molecular flexibility index (Phi) is 5.40. The summed E-state index contributed by atoms with van der Waals surface area (Å²) in [6, 6.07) is 15.1. The number of benzene rings is 2. The molecule has 5 aromatic rings. The lowest BCUT2D eigenvalue weighted by Crippen LogP contribution is -2.24. The highest BCUT2D eigenvalue weighted by molar-refractivity contribution is 7.99. The van der Waals surface area contributed by atoms with Crippen LogP contribution in [-0.2, 0) is 11.3 Å². The maximum Gasteiger partial charge on any atom is 0.262 e. The molecular formula is C23H20N4O3S. The largest absolute Gasteiger partial charge is 0.451 e. The third kappa shape index (κ3) is 3.68. The van der Waals surface area contributed by atoms with Gasteiger partial charge in [0.05, 0.1) is 10.9 Å². The highest BCUT2D eigenvalue weighted by atomic mass is 32.2. The quantitative estimate of drug-likeness (QED) is 0.210. The van der Waals surface area contributed by atoms with Crippen LogP contribution < -0.4 is 5.56 Å². The van der Waals surface area contributed by atoms with Gasteiger partial charge in [-0.3, -0.25) is 9.36 Å². The van der Waals surface area contributed by atoms with Crippen molar-refractivity contribution in [3.63, 3.8) is 0 Å². The van der Waals surface area contributed by atoms with Crippen molar-refractivity contribution in [1.29, 1.82) is 0 Å². The Hall–Kier alpha value is -3.23. The van der Waals surface area contributed by atoms with Crippen LogP contribution in [0.15, 0.2) is 74.3 Å². The lowest BCUT2D eigenvalue weighted by molar-refractivity contribution is 0.140. The summed E-state index contributed by atoms with van der Waals surface area (Å²) in [5.74, 6) is 0. The molecule has 5 rings (SSSR count). The molecule has 0 bridgehead atoms. The van der Waals surface area contributed by atoms with Crippen molar-refractivity contribution in [1.82, 2.24) is 19.5 Å². The lowest BCUT2D eigenvalue weighted by Gasteiger charge is -2.12. The van der Waals surface area contributed by atoms with Gasteiger partial charge in [-0.15, -0.1) is 0 Å². The molecule has 0 radical (unpaired) electrons. The van der Waals surface area contributed by atoms with Gasteiger partial charge < -0.3 is 9.15 Å². The van der Waals surface area contributed by atoms with E-state index in [1.54, 1.807) is 10.6 Å². The van der Waals surface area contributed by atoms with Crippen LogP contribution in [0.25, 0.3) is 33.0 Å². The molecule has 156 valence electrons. The number of hydrogen-bond acceptors (Lipinski definition) is 7. The van der Waals surface area contributed by atoms with Gasteiger partial charge in [-0.05, 0) is 49.4 Å². The van der Waals surface area contributed by atoms with Gasteiger partial charge in [0.1, 0.15) is 17.4 Å². The standard InChI is InChI=1S/C23H20N4O3S/c1-2-29-13-7-12-27-22(28)15-8-3-5-10-17(15)26-23(27)31-21-20-19(24-14-25-21)16-9-4-6-11-18(16)30-20/h3-6,8-11,14H,2,7,12-13H2,1H3. The molecule has 0 atom stereocenters. The smallest absolute Gasteiger partial charge is 0.262 e. The van der Waals surface area contributed by atoms with Crippen molar-refractivity contribution in [2.45, 2.75) is 30.1 Å². The molecule has 7 nitrogen and oxygen atoms in total. The highest BCUT2D eigenvalue weighted by Gasteiger charge is 2.18. The summed E-state index contributed by atoms with van der Waals surface area (Å²) in [5, 5.41) is 2.73. The van der Waals surface area contributed by atoms with Gasteiger partial charge in [0, 0.05) is 25.1 Å². The molecule has 0 aliphatic carbocycles. The first-order chi connectivity index (χ1) is 15.3. The maximum atomic E-state index is 13.2. The van der Waals surface area contributed by atoms with Crippen LogP contribution in [0.1, 0.15) is 13.3 Å². The second kappa shape index (κ2) is 8.49. The summed E-state index contributed by atoms with van der Waals surface area (Å²) in [6.07, 6.45) is 2.23. The van der Waals surface area contributed by atoms with Crippen molar-refractivity contribution < 1.29 is 9.15 Å². The number of aromatic nitrogens is 4. The predicted molar refractivity (Wildman–Crippen MR) is 121 cm³/mol. The van der Waals surface area contributed by atoms with Crippen LogP contribution in [0.5, 0.6) is 0 Å². The van der Waals surface area contributed by atoms with E-state index in [9.17, 15) is 4.79 Å². The Bertz CT molecular complexity index is 1440. The second-order valence-electron chi connectivity index (χ2n) is 6.98. The van der Waals surface area contributed by atoms with Crippen molar-refractivity contribution in [3.05, 3.63) is 65.2 Å². The van der Waals surface area contributed by atoms with Gasteiger partial charge in [0.25, 0.3) is 5.56 Å². The molecule has 0 aliphatic heterocycles. The molecular weight excluding hydrogens is 412 g/mol. The van der Waals surface area contributed by atoms with E-state index in [-0.39, 0.29) is 5.56 Å². The summed E-state index contributed by atoms with van der Waals surface area (Å²) in [5.41, 5.74) is 2.68. The van der Waals surface area contributed by atoms with E-state index < -0.39 is 0 Å². The zero-order valence-corrected chi connectivity index (χ0v) is 17.8. The number of para-hydroxylation sites is 2. The van der Waals surface area contributed by atoms with E-state index in [1.165, 1.54) is 18.1 Å². The molecule has 0 aliphatic rings. The van der Waals surface area contributed by atoms with Crippen molar-refractivity contribution in [2.75, 3.05) is 13.2 Å². The maximum absolute atomic E-state index is 13.2. The Balaban J connectivity index is 1.62. The fourth-order valence-electron chi connectivity index (χ4n) is 3.55. The minimum atomic E-state index is -0.0699. The minimum Gasteiger partial charge on any atom is -0.451 e. The van der Waals surface area contributed by atoms with Crippen molar-refractivity contribution in [2.24, 2.45) is 0 Å².